The number of methoxy groups -OCH3 is 1. The highest BCUT2D eigenvalue weighted by Gasteiger charge is 2.23. The molecular weight excluding hydrogens is 463 g/mol. The normalized spacial score (nSPS) is 10.8. The van der Waals surface area contributed by atoms with Crippen LogP contribution < -0.4 is 15.2 Å². The first-order valence-corrected chi connectivity index (χ1v) is 10.8. The van der Waals surface area contributed by atoms with Crippen LogP contribution in [0.2, 0.25) is 0 Å². The van der Waals surface area contributed by atoms with Crippen molar-refractivity contribution in [3.63, 3.8) is 0 Å². The summed E-state index contributed by atoms with van der Waals surface area (Å²) in [6.45, 7) is 1.65. The molecule has 10 nitrogen and oxygen atoms in total. The van der Waals surface area contributed by atoms with Crippen LogP contribution in [0.3, 0.4) is 0 Å². The number of anilines is 1. The minimum atomic E-state index is -0.502. The van der Waals surface area contributed by atoms with E-state index < -0.39 is 5.82 Å². The summed E-state index contributed by atoms with van der Waals surface area (Å²) in [6.07, 6.45) is 1.47. The number of pyridine rings is 2. The fourth-order valence-corrected chi connectivity index (χ4v) is 3.79. The predicted molar refractivity (Wildman–Crippen MR) is 128 cm³/mol. The van der Waals surface area contributed by atoms with Crippen molar-refractivity contribution >= 4 is 11.6 Å². The second-order valence-corrected chi connectivity index (χ2v) is 7.74. The quantitative estimate of drug-likeness (QED) is 0.384. The van der Waals surface area contributed by atoms with Gasteiger partial charge in [-0.2, -0.15) is 14.8 Å². The third-order valence-corrected chi connectivity index (χ3v) is 5.39. The summed E-state index contributed by atoms with van der Waals surface area (Å²) < 4.78 is 26.4. The zero-order valence-electron chi connectivity index (χ0n) is 19.3. The van der Waals surface area contributed by atoms with Crippen molar-refractivity contribution in [1.82, 2.24) is 29.5 Å². The first-order chi connectivity index (χ1) is 17.5. The fourth-order valence-electron chi connectivity index (χ4n) is 3.79. The highest BCUT2D eigenvalue weighted by atomic mass is 19.1. The van der Waals surface area contributed by atoms with E-state index in [4.69, 9.17) is 15.2 Å². The van der Waals surface area contributed by atoms with Gasteiger partial charge < -0.3 is 15.2 Å². The molecule has 1 aromatic carbocycles. The lowest BCUT2D eigenvalue weighted by atomic mass is 9.97. The Balaban J connectivity index is 1.73. The van der Waals surface area contributed by atoms with Crippen LogP contribution in [-0.2, 0) is 6.61 Å². The number of fused-ring (bicyclic) bond motifs is 1. The molecule has 5 aromatic rings. The second kappa shape index (κ2) is 9.27. The van der Waals surface area contributed by atoms with Crippen molar-refractivity contribution in [2.45, 2.75) is 13.5 Å². The lowest BCUT2D eigenvalue weighted by Gasteiger charge is -2.14. The molecule has 0 aliphatic heterocycles. The Hall–Kier alpha value is -5.11. The van der Waals surface area contributed by atoms with E-state index in [2.05, 4.69) is 31.1 Å². The summed E-state index contributed by atoms with van der Waals surface area (Å²) in [4.78, 5) is 17.5. The Morgan fingerprint density at radius 1 is 1.11 bits per heavy atom. The van der Waals surface area contributed by atoms with Crippen molar-refractivity contribution in [2.24, 2.45) is 0 Å². The number of nitrogen functional groups attached to an aromatic ring is 1. The van der Waals surface area contributed by atoms with E-state index in [1.54, 1.807) is 30.3 Å². The summed E-state index contributed by atoms with van der Waals surface area (Å²) in [5.74, 6) is -0.0837. The molecule has 4 heterocycles. The molecule has 0 atom stereocenters. The molecule has 0 radical (unpaired) electrons. The van der Waals surface area contributed by atoms with Crippen LogP contribution in [0.4, 0.5) is 10.3 Å². The number of nitrogens with two attached hydrogens (primary N) is 1. The highest BCUT2D eigenvalue weighted by Crippen LogP contribution is 2.37. The number of hydrogen-bond donors (Lipinski definition) is 1. The minimum absolute atomic E-state index is 0.0283. The van der Waals surface area contributed by atoms with Crippen LogP contribution in [0.1, 0.15) is 17.0 Å². The highest BCUT2D eigenvalue weighted by molar-refractivity contribution is 5.92. The summed E-state index contributed by atoms with van der Waals surface area (Å²) in [5, 5.41) is 14.0. The van der Waals surface area contributed by atoms with Gasteiger partial charge in [-0.3, -0.25) is 4.98 Å². The topological polar surface area (TPSA) is 137 Å². The summed E-state index contributed by atoms with van der Waals surface area (Å²) in [6, 6.07) is 15.6. The van der Waals surface area contributed by atoms with Gasteiger partial charge in [0.25, 0.3) is 0 Å². The average Bonchev–Trinajstić information content (AvgIpc) is 3.32. The van der Waals surface area contributed by atoms with E-state index in [1.165, 1.54) is 30.0 Å². The van der Waals surface area contributed by atoms with Crippen molar-refractivity contribution in [3.05, 3.63) is 77.5 Å². The predicted octanol–water partition coefficient (Wildman–Crippen LogP) is 3.74. The number of aryl methyl sites for hydroxylation is 1. The van der Waals surface area contributed by atoms with E-state index in [-0.39, 0.29) is 24.3 Å². The van der Waals surface area contributed by atoms with Crippen LogP contribution in [0.25, 0.3) is 28.0 Å². The smallest absolute Gasteiger partial charge is 0.336 e. The van der Waals surface area contributed by atoms with Gasteiger partial charge in [0, 0.05) is 23.5 Å². The van der Waals surface area contributed by atoms with Crippen LogP contribution in [-0.4, -0.2) is 36.7 Å². The molecule has 0 aliphatic rings. The fraction of sp³-hybridized carbons (Fsp3) is 0.120. The Kier molecular flexibility index (Phi) is 5.83. The summed E-state index contributed by atoms with van der Waals surface area (Å²) >= 11 is 0. The lowest BCUT2D eigenvalue weighted by molar-refractivity contribution is 0.271. The largest absolute Gasteiger partial charge is 0.481 e. The maximum Gasteiger partial charge on any atom is 0.336 e. The number of hydrogen-bond acceptors (Lipinski definition) is 9. The van der Waals surface area contributed by atoms with Crippen LogP contribution in [0, 0.1) is 24.1 Å². The Morgan fingerprint density at radius 3 is 2.72 bits per heavy atom. The van der Waals surface area contributed by atoms with Crippen molar-refractivity contribution in [1.29, 1.82) is 5.26 Å². The number of benzene rings is 1. The van der Waals surface area contributed by atoms with E-state index in [1.807, 2.05) is 13.0 Å². The number of nitrogens with zero attached hydrogens (tertiary/aromatic N) is 7. The van der Waals surface area contributed by atoms with Gasteiger partial charge in [0.05, 0.1) is 30.0 Å². The molecule has 0 spiro atoms. The zero-order chi connectivity index (χ0) is 25.2. The van der Waals surface area contributed by atoms with Gasteiger partial charge in [-0.25, -0.2) is 14.4 Å². The molecule has 4 aromatic heterocycles. The van der Waals surface area contributed by atoms with Crippen molar-refractivity contribution in [3.8, 4) is 40.3 Å². The standard InChI is InChI=1S/C25H19FN8O2/c1-14-10-16(11-20(30-14)35-2)21-22(17-7-4-3-6-15(17)12-27)31-24(28)34-23(21)32-25(33-34)36-13-19-18(26)8-5-9-29-19/h3-11H,13H2,1-2H3,(H2,28,31). The summed E-state index contributed by atoms with van der Waals surface area (Å²) in [7, 11) is 1.52. The molecule has 0 saturated heterocycles. The Bertz CT molecular complexity index is 1640. The molecular formula is C25H19FN8O2. The Morgan fingerprint density at radius 2 is 1.94 bits per heavy atom. The average molecular weight is 482 g/mol. The Labute approximate surface area is 204 Å². The molecule has 0 aliphatic carbocycles. The first kappa shape index (κ1) is 22.7. The maximum atomic E-state index is 14.0. The molecule has 2 N–H and O–H groups in total. The molecule has 5 rings (SSSR count). The van der Waals surface area contributed by atoms with E-state index in [0.29, 0.717) is 45.2 Å². The number of halogens is 1. The molecule has 0 amide bonds. The zero-order valence-corrected chi connectivity index (χ0v) is 19.3. The van der Waals surface area contributed by atoms with Crippen LogP contribution >= 0.6 is 0 Å². The monoisotopic (exact) mass is 482 g/mol. The molecule has 36 heavy (non-hydrogen) atoms. The second-order valence-electron chi connectivity index (χ2n) is 7.74. The number of rotatable bonds is 6. The third kappa shape index (κ3) is 4.12. The van der Waals surface area contributed by atoms with E-state index in [9.17, 15) is 9.65 Å². The van der Waals surface area contributed by atoms with Gasteiger partial charge in [0.2, 0.25) is 11.8 Å². The minimum Gasteiger partial charge on any atom is -0.481 e. The van der Waals surface area contributed by atoms with Gasteiger partial charge in [-0.1, -0.05) is 18.2 Å². The lowest BCUT2D eigenvalue weighted by Crippen LogP contribution is -2.07. The van der Waals surface area contributed by atoms with Gasteiger partial charge in [0.1, 0.15) is 18.1 Å². The van der Waals surface area contributed by atoms with E-state index >= 15 is 0 Å². The van der Waals surface area contributed by atoms with Gasteiger partial charge in [-0.15, -0.1) is 5.10 Å². The SMILES string of the molecule is COc1cc(-c2c(-c3ccccc3C#N)nc(N)n3nc(OCc4ncccc4F)nc23)cc(C)n1. The molecule has 0 saturated carbocycles. The first-order valence-electron chi connectivity index (χ1n) is 10.8. The van der Waals surface area contributed by atoms with Crippen molar-refractivity contribution in [2.75, 3.05) is 12.8 Å². The van der Waals surface area contributed by atoms with Crippen LogP contribution in [0.15, 0.2) is 54.7 Å². The summed E-state index contributed by atoms with van der Waals surface area (Å²) in [5.41, 5.74) is 10.0. The maximum absolute atomic E-state index is 14.0. The third-order valence-electron chi connectivity index (χ3n) is 5.39. The number of nitriles is 1. The molecule has 0 fully saturated rings. The van der Waals surface area contributed by atoms with Crippen molar-refractivity contribution < 1.29 is 13.9 Å². The van der Waals surface area contributed by atoms with Crippen LogP contribution in [0.5, 0.6) is 11.9 Å². The van der Waals surface area contributed by atoms with Gasteiger partial charge in [0.15, 0.2) is 5.65 Å². The molecule has 0 bridgehead atoms. The molecule has 0 unspecified atom stereocenters. The number of aromatic nitrogens is 6. The number of ether oxygens (including phenoxy) is 2. The molecule has 178 valence electrons. The van der Waals surface area contributed by atoms with E-state index in [0.717, 1.165) is 0 Å². The van der Waals surface area contributed by atoms with Gasteiger partial charge in [-0.05, 0) is 36.8 Å². The molecule has 11 heteroatoms. The van der Waals surface area contributed by atoms with Gasteiger partial charge >= 0.3 is 6.01 Å².